The molecule has 21 heavy (non-hydrogen) atoms. The van der Waals surface area contributed by atoms with Gasteiger partial charge in [-0.25, -0.2) is 4.98 Å². The lowest BCUT2D eigenvalue weighted by Gasteiger charge is -2.05. The van der Waals surface area contributed by atoms with E-state index in [4.69, 9.17) is 5.73 Å². The van der Waals surface area contributed by atoms with E-state index in [1.165, 1.54) is 11.3 Å². The van der Waals surface area contributed by atoms with Gasteiger partial charge in [0.25, 0.3) is 5.56 Å². The molecule has 0 spiro atoms. The first-order chi connectivity index (χ1) is 10.1. The summed E-state index contributed by atoms with van der Waals surface area (Å²) in [7, 11) is 0. The summed E-state index contributed by atoms with van der Waals surface area (Å²) in [5.74, 6) is -0.437. The number of H-pyrrole nitrogens is 1. The quantitative estimate of drug-likeness (QED) is 0.566. The van der Waals surface area contributed by atoms with E-state index in [0.717, 1.165) is 22.2 Å². The first-order valence-electron chi connectivity index (χ1n) is 6.07. The maximum absolute atomic E-state index is 12.3. The Bertz CT molecular complexity index is 851. The molecule has 3 aromatic heterocycles. The summed E-state index contributed by atoms with van der Waals surface area (Å²) in [5.41, 5.74) is 5.94. The molecule has 0 radical (unpaired) electrons. The molecule has 1 amide bonds. The van der Waals surface area contributed by atoms with Crippen LogP contribution >= 0.6 is 34.4 Å². The topological polar surface area (TPSA) is 88.8 Å². The number of nitrogens with zero attached hydrogens (tertiary/aromatic N) is 1. The van der Waals surface area contributed by atoms with Crippen molar-refractivity contribution in [2.45, 2.75) is 17.3 Å². The van der Waals surface area contributed by atoms with E-state index < -0.39 is 11.2 Å². The van der Waals surface area contributed by atoms with Crippen LogP contribution in [0, 0.1) is 0 Å². The first kappa shape index (κ1) is 14.3. The molecule has 1 atom stereocenters. The highest BCUT2D eigenvalue weighted by Crippen LogP contribution is 2.34. The molecule has 0 aliphatic heterocycles. The number of primary amides is 1. The molecule has 0 bridgehead atoms. The van der Waals surface area contributed by atoms with E-state index in [0.29, 0.717) is 15.4 Å². The fourth-order valence-corrected chi connectivity index (χ4v) is 4.39. The lowest BCUT2D eigenvalue weighted by atomic mass is 10.2. The lowest BCUT2D eigenvalue weighted by molar-refractivity contribution is -0.117. The first-order valence-corrected chi connectivity index (χ1v) is 8.71. The van der Waals surface area contributed by atoms with Crippen molar-refractivity contribution in [1.29, 1.82) is 0 Å². The zero-order valence-corrected chi connectivity index (χ0v) is 13.4. The van der Waals surface area contributed by atoms with E-state index in [2.05, 4.69) is 9.97 Å². The fourth-order valence-electron chi connectivity index (χ4n) is 1.82. The van der Waals surface area contributed by atoms with Crippen molar-refractivity contribution in [3.63, 3.8) is 0 Å². The van der Waals surface area contributed by atoms with E-state index in [1.54, 1.807) is 18.3 Å². The highest BCUT2D eigenvalue weighted by Gasteiger charge is 2.16. The highest BCUT2D eigenvalue weighted by molar-refractivity contribution is 8.00. The number of rotatable bonds is 4. The predicted octanol–water partition coefficient (Wildman–Crippen LogP) is 2.68. The fraction of sp³-hybridized carbons (Fsp3) is 0.154. The summed E-state index contributed by atoms with van der Waals surface area (Å²) in [6.07, 6.45) is 0. The molecule has 0 aromatic carbocycles. The number of carbonyl (C=O) groups is 1. The zero-order chi connectivity index (χ0) is 15.0. The second kappa shape index (κ2) is 5.63. The van der Waals surface area contributed by atoms with Gasteiger partial charge >= 0.3 is 0 Å². The Morgan fingerprint density at radius 1 is 1.48 bits per heavy atom. The van der Waals surface area contributed by atoms with Crippen LogP contribution in [-0.4, -0.2) is 21.1 Å². The number of hydrogen-bond donors (Lipinski definition) is 2. The van der Waals surface area contributed by atoms with Crippen LogP contribution in [-0.2, 0) is 4.79 Å². The van der Waals surface area contributed by atoms with Gasteiger partial charge in [-0.05, 0) is 18.4 Å². The molecular weight excluding hydrogens is 326 g/mol. The van der Waals surface area contributed by atoms with Gasteiger partial charge in [-0.1, -0.05) is 17.8 Å². The molecule has 0 saturated heterocycles. The average Bonchev–Trinajstić information content (AvgIpc) is 3.06. The normalized spacial score (nSPS) is 12.6. The largest absolute Gasteiger partial charge is 0.369 e. The SMILES string of the molecule is C[C@@H](Sc1nc2scc(-c3cccs3)c2c(=O)[nH]1)C(N)=O. The second-order valence-corrected chi connectivity index (χ2v) is 7.48. The summed E-state index contributed by atoms with van der Waals surface area (Å²) in [6, 6.07) is 3.92. The Labute approximate surface area is 132 Å². The Hall–Kier alpha value is -1.64. The van der Waals surface area contributed by atoms with Crippen molar-refractivity contribution in [3.05, 3.63) is 33.2 Å². The summed E-state index contributed by atoms with van der Waals surface area (Å²) in [4.78, 5) is 32.3. The Morgan fingerprint density at radius 3 is 2.95 bits per heavy atom. The van der Waals surface area contributed by atoms with Gasteiger partial charge in [-0.3, -0.25) is 9.59 Å². The molecule has 3 N–H and O–H groups in total. The van der Waals surface area contributed by atoms with Crippen LogP contribution in [0.5, 0.6) is 0 Å². The van der Waals surface area contributed by atoms with E-state index >= 15 is 0 Å². The number of nitrogens with one attached hydrogen (secondary N) is 1. The van der Waals surface area contributed by atoms with Gasteiger partial charge in [0.05, 0.1) is 10.6 Å². The maximum Gasteiger partial charge on any atom is 0.260 e. The number of carbonyl (C=O) groups excluding carboxylic acids is 1. The minimum atomic E-state index is -0.442. The summed E-state index contributed by atoms with van der Waals surface area (Å²) >= 11 is 4.16. The lowest BCUT2D eigenvalue weighted by Crippen LogP contribution is -2.23. The third-order valence-electron chi connectivity index (χ3n) is 2.90. The third-order valence-corrected chi connectivity index (χ3v) is 5.68. The van der Waals surface area contributed by atoms with Crippen LogP contribution in [0.1, 0.15) is 6.92 Å². The summed E-state index contributed by atoms with van der Waals surface area (Å²) in [5, 5.41) is 4.48. The number of aromatic nitrogens is 2. The standard InChI is InChI=1S/C13H11N3O2S3/c1-6(10(14)17)21-13-15-11(18)9-7(5-20-12(9)16-13)8-3-2-4-19-8/h2-6H,1H3,(H2,14,17)(H,15,16,18)/t6-/m1/s1. The molecule has 5 nitrogen and oxygen atoms in total. The molecule has 0 aliphatic rings. The molecular formula is C13H11N3O2S3. The van der Waals surface area contributed by atoms with Crippen LogP contribution in [0.2, 0.25) is 0 Å². The van der Waals surface area contributed by atoms with Gasteiger partial charge in [0.1, 0.15) is 4.83 Å². The molecule has 0 aliphatic carbocycles. The minimum Gasteiger partial charge on any atom is -0.369 e. The number of amides is 1. The second-order valence-electron chi connectivity index (χ2n) is 4.34. The van der Waals surface area contributed by atoms with Crippen LogP contribution < -0.4 is 11.3 Å². The highest BCUT2D eigenvalue weighted by atomic mass is 32.2. The molecule has 3 aromatic rings. The zero-order valence-electron chi connectivity index (χ0n) is 11.0. The summed E-state index contributed by atoms with van der Waals surface area (Å²) in [6.45, 7) is 1.68. The Kier molecular flexibility index (Phi) is 3.83. The number of thioether (sulfide) groups is 1. The molecule has 0 fully saturated rings. The molecule has 108 valence electrons. The summed E-state index contributed by atoms with van der Waals surface area (Å²) < 4.78 is 0. The van der Waals surface area contributed by atoms with Gasteiger partial charge < -0.3 is 10.7 Å². The monoisotopic (exact) mass is 337 g/mol. The molecule has 0 saturated carbocycles. The number of hydrogen-bond acceptors (Lipinski definition) is 6. The van der Waals surface area contributed by atoms with Crippen molar-refractivity contribution in [2.75, 3.05) is 0 Å². The number of nitrogens with two attached hydrogens (primary N) is 1. The smallest absolute Gasteiger partial charge is 0.260 e. The third kappa shape index (κ3) is 2.74. The van der Waals surface area contributed by atoms with Gasteiger partial charge in [0, 0.05) is 15.8 Å². The van der Waals surface area contributed by atoms with Gasteiger partial charge in [0.15, 0.2) is 5.16 Å². The number of aromatic amines is 1. The van der Waals surface area contributed by atoms with Crippen LogP contribution in [0.15, 0.2) is 32.8 Å². The number of thiophene rings is 2. The molecule has 8 heteroatoms. The van der Waals surface area contributed by atoms with E-state index in [-0.39, 0.29) is 5.56 Å². The van der Waals surface area contributed by atoms with Gasteiger partial charge in [0.2, 0.25) is 5.91 Å². The van der Waals surface area contributed by atoms with Crippen LogP contribution in [0.3, 0.4) is 0 Å². The molecule has 3 rings (SSSR count). The minimum absolute atomic E-state index is 0.191. The number of fused-ring (bicyclic) bond motifs is 1. The average molecular weight is 337 g/mol. The Balaban J connectivity index is 2.07. The van der Waals surface area contributed by atoms with Gasteiger partial charge in [-0.15, -0.1) is 22.7 Å². The predicted molar refractivity (Wildman–Crippen MR) is 88.1 cm³/mol. The van der Waals surface area contributed by atoms with Crippen LogP contribution in [0.25, 0.3) is 20.7 Å². The van der Waals surface area contributed by atoms with Crippen molar-refractivity contribution in [3.8, 4) is 10.4 Å². The maximum atomic E-state index is 12.3. The van der Waals surface area contributed by atoms with Crippen molar-refractivity contribution in [2.24, 2.45) is 5.73 Å². The molecule has 3 heterocycles. The molecule has 0 unspecified atom stereocenters. The van der Waals surface area contributed by atoms with Crippen molar-refractivity contribution >= 4 is 50.6 Å². The van der Waals surface area contributed by atoms with Crippen LogP contribution in [0.4, 0.5) is 0 Å². The van der Waals surface area contributed by atoms with Gasteiger partial charge in [-0.2, -0.15) is 0 Å². The van der Waals surface area contributed by atoms with Crippen molar-refractivity contribution in [1.82, 2.24) is 9.97 Å². The van der Waals surface area contributed by atoms with E-state index in [1.807, 2.05) is 22.9 Å². The van der Waals surface area contributed by atoms with E-state index in [9.17, 15) is 9.59 Å². The Morgan fingerprint density at radius 2 is 2.29 bits per heavy atom. The van der Waals surface area contributed by atoms with Crippen molar-refractivity contribution < 1.29 is 4.79 Å².